The molecule has 0 aromatic heterocycles. The summed E-state index contributed by atoms with van der Waals surface area (Å²) in [4.78, 5) is 12.1. The molecule has 0 saturated carbocycles. The molecule has 2 rings (SSSR count). The lowest BCUT2D eigenvalue weighted by Crippen LogP contribution is -2.11. The van der Waals surface area contributed by atoms with E-state index in [1.54, 1.807) is 12.1 Å². The maximum Gasteiger partial charge on any atom is 0.340 e. The topological polar surface area (TPSA) is 52.3 Å². The molecule has 2 N–H and O–H groups in total. The molecule has 0 radical (unpaired) electrons. The van der Waals surface area contributed by atoms with Crippen LogP contribution in [-0.4, -0.2) is 5.97 Å². The van der Waals surface area contributed by atoms with E-state index in [-0.39, 0.29) is 6.10 Å². The molecule has 1 atom stereocenters. The van der Waals surface area contributed by atoms with E-state index < -0.39 is 5.97 Å². The fourth-order valence-corrected chi connectivity index (χ4v) is 1.86. The molecule has 3 nitrogen and oxygen atoms in total. The van der Waals surface area contributed by atoms with Crippen LogP contribution in [0.3, 0.4) is 0 Å². The second-order valence-electron chi connectivity index (χ2n) is 4.55. The summed E-state index contributed by atoms with van der Waals surface area (Å²) in [7, 11) is 0. The molecular formula is C16H17NO2. The highest BCUT2D eigenvalue weighted by Gasteiger charge is 2.15. The SMILES string of the molecule is Cc1ccc(N)c(C(=O)O[C@H](C)c2ccccc2)c1. The van der Waals surface area contributed by atoms with E-state index in [1.807, 2.05) is 50.2 Å². The number of nitrogens with two attached hydrogens (primary N) is 1. The number of rotatable bonds is 3. The van der Waals surface area contributed by atoms with Crippen LogP contribution in [0.1, 0.15) is 34.5 Å². The number of nitrogen functional groups attached to an aromatic ring is 1. The Morgan fingerprint density at radius 2 is 1.84 bits per heavy atom. The van der Waals surface area contributed by atoms with E-state index in [9.17, 15) is 4.79 Å². The van der Waals surface area contributed by atoms with Crippen molar-refractivity contribution in [3.8, 4) is 0 Å². The maximum atomic E-state index is 12.1. The van der Waals surface area contributed by atoms with Crippen molar-refractivity contribution in [2.75, 3.05) is 5.73 Å². The molecule has 19 heavy (non-hydrogen) atoms. The minimum absolute atomic E-state index is 0.298. The van der Waals surface area contributed by atoms with Gasteiger partial charge in [-0.25, -0.2) is 4.79 Å². The monoisotopic (exact) mass is 255 g/mol. The van der Waals surface area contributed by atoms with Crippen LogP contribution >= 0.6 is 0 Å². The van der Waals surface area contributed by atoms with Crippen molar-refractivity contribution in [3.05, 3.63) is 65.2 Å². The van der Waals surface area contributed by atoms with Crippen molar-refractivity contribution in [1.82, 2.24) is 0 Å². The van der Waals surface area contributed by atoms with Gasteiger partial charge in [0.25, 0.3) is 0 Å². The quantitative estimate of drug-likeness (QED) is 0.674. The molecule has 2 aromatic rings. The molecule has 0 aliphatic carbocycles. The normalized spacial score (nSPS) is 11.9. The van der Waals surface area contributed by atoms with Gasteiger partial charge in [-0.3, -0.25) is 0 Å². The highest BCUT2D eigenvalue weighted by molar-refractivity contribution is 5.95. The Kier molecular flexibility index (Phi) is 3.85. The lowest BCUT2D eigenvalue weighted by Gasteiger charge is -2.14. The van der Waals surface area contributed by atoms with Crippen LogP contribution in [0, 0.1) is 6.92 Å². The Morgan fingerprint density at radius 1 is 1.16 bits per heavy atom. The molecule has 0 fully saturated rings. The minimum Gasteiger partial charge on any atom is -0.454 e. The summed E-state index contributed by atoms with van der Waals surface area (Å²) < 4.78 is 5.44. The van der Waals surface area contributed by atoms with Crippen LogP contribution in [0.4, 0.5) is 5.69 Å². The van der Waals surface area contributed by atoms with Crippen molar-refractivity contribution in [1.29, 1.82) is 0 Å². The van der Waals surface area contributed by atoms with Gasteiger partial charge in [-0.15, -0.1) is 0 Å². The van der Waals surface area contributed by atoms with Gasteiger partial charge in [-0.05, 0) is 31.5 Å². The molecule has 0 amide bonds. The van der Waals surface area contributed by atoms with Crippen molar-refractivity contribution in [2.24, 2.45) is 0 Å². The molecule has 0 aliphatic heterocycles. The van der Waals surface area contributed by atoms with Crippen LogP contribution in [0.15, 0.2) is 48.5 Å². The Labute approximate surface area is 113 Å². The van der Waals surface area contributed by atoms with Crippen molar-refractivity contribution < 1.29 is 9.53 Å². The van der Waals surface area contributed by atoms with Crippen molar-refractivity contribution in [2.45, 2.75) is 20.0 Å². The summed E-state index contributed by atoms with van der Waals surface area (Å²) in [6, 6.07) is 15.0. The molecule has 3 heteroatoms. The zero-order valence-corrected chi connectivity index (χ0v) is 11.1. The van der Waals surface area contributed by atoms with Crippen LogP contribution in [0.5, 0.6) is 0 Å². The number of carbonyl (C=O) groups is 1. The minimum atomic E-state index is -0.391. The van der Waals surface area contributed by atoms with Gasteiger partial charge < -0.3 is 10.5 Å². The van der Waals surface area contributed by atoms with Gasteiger partial charge in [0.1, 0.15) is 6.10 Å². The Hall–Kier alpha value is -2.29. The summed E-state index contributed by atoms with van der Waals surface area (Å²) in [5, 5.41) is 0. The van der Waals surface area contributed by atoms with E-state index in [2.05, 4.69) is 0 Å². The zero-order chi connectivity index (χ0) is 13.8. The van der Waals surface area contributed by atoms with E-state index in [0.29, 0.717) is 11.3 Å². The molecule has 0 unspecified atom stereocenters. The zero-order valence-electron chi connectivity index (χ0n) is 11.1. The Bertz CT molecular complexity index is 579. The molecule has 0 heterocycles. The third kappa shape index (κ3) is 3.13. The first kappa shape index (κ1) is 13.1. The molecular weight excluding hydrogens is 238 g/mol. The summed E-state index contributed by atoms with van der Waals surface area (Å²) in [5.41, 5.74) is 8.60. The lowest BCUT2D eigenvalue weighted by atomic mass is 10.1. The summed E-state index contributed by atoms with van der Waals surface area (Å²) in [6.45, 7) is 3.76. The smallest absolute Gasteiger partial charge is 0.340 e. The van der Waals surface area contributed by atoms with Crippen LogP contribution in [-0.2, 0) is 4.74 Å². The number of aryl methyl sites for hydroxylation is 1. The number of anilines is 1. The van der Waals surface area contributed by atoms with Crippen LogP contribution < -0.4 is 5.73 Å². The van der Waals surface area contributed by atoms with E-state index in [0.717, 1.165) is 11.1 Å². The first-order valence-electron chi connectivity index (χ1n) is 6.20. The first-order valence-corrected chi connectivity index (χ1v) is 6.20. The number of hydrogen-bond donors (Lipinski definition) is 1. The largest absolute Gasteiger partial charge is 0.454 e. The Morgan fingerprint density at radius 3 is 2.53 bits per heavy atom. The fourth-order valence-electron chi connectivity index (χ4n) is 1.86. The summed E-state index contributed by atoms with van der Waals surface area (Å²) in [5.74, 6) is -0.391. The highest BCUT2D eigenvalue weighted by atomic mass is 16.5. The lowest BCUT2D eigenvalue weighted by molar-refractivity contribution is 0.0339. The number of carbonyl (C=O) groups excluding carboxylic acids is 1. The van der Waals surface area contributed by atoms with Gasteiger partial charge in [-0.2, -0.15) is 0 Å². The molecule has 0 aliphatic rings. The predicted molar refractivity (Wildman–Crippen MR) is 75.9 cm³/mol. The number of benzene rings is 2. The Balaban J connectivity index is 2.15. The highest BCUT2D eigenvalue weighted by Crippen LogP contribution is 2.21. The maximum absolute atomic E-state index is 12.1. The molecule has 2 aromatic carbocycles. The summed E-state index contributed by atoms with van der Waals surface area (Å²) in [6.07, 6.45) is -0.298. The molecule has 0 spiro atoms. The number of ether oxygens (including phenoxy) is 1. The van der Waals surface area contributed by atoms with E-state index in [1.165, 1.54) is 0 Å². The number of esters is 1. The molecule has 0 bridgehead atoms. The average molecular weight is 255 g/mol. The van der Waals surface area contributed by atoms with Gasteiger partial charge in [0.15, 0.2) is 0 Å². The summed E-state index contributed by atoms with van der Waals surface area (Å²) >= 11 is 0. The van der Waals surface area contributed by atoms with Gasteiger partial charge in [0, 0.05) is 5.69 Å². The second-order valence-corrected chi connectivity index (χ2v) is 4.55. The van der Waals surface area contributed by atoms with E-state index in [4.69, 9.17) is 10.5 Å². The first-order chi connectivity index (χ1) is 9.08. The standard InChI is InChI=1S/C16H17NO2/c1-11-8-9-15(17)14(10-11)16(18)19-12(2)13-6-4-3-5-7-13/h3-10,12H,17H2,1-2H3/t12-/m1/s1. The van der Waals surface area contributed by atoms with Crippen LogP contribution in [0.2, 0.25) is 0 Å². The molecule has 98 valence electrons. The fraction of sp³-hybridized carbons (Fsp3) is 0.188. The second kappa shape index (κ2) is 5.57. The van der Waals surface area contributed by atoms with Crippen molar-refractivity contribution >= 4 is 11.7 Å². The molecule has 0 saturated heterocycles. The van der Waals surface area contributed by atoms with Gasteiger partial charge in [0.05, 0.1) is 5.56 Å². The average Bonchev–Trinajstić information content (AvgIpc) is 2.42. The predicted octanol–water partition coefficient (Wildman–Crippen LogP) is 3.50. The van der Waals surface area contributed by atoms with Gasteiger partial charge >= 0.3 is 5.97 Å². The van der Waals surface area contributed by atoms with Crippen LogP contribution in [0.25, 0.3) is 0 Å². The van der Waals surface area contributed by atoms with E-state index >= 15 is 0 Å². The number of hydrogen-bond acceptors (Lipinski definition) is 3. The third-order valence-corrected chi connectivity index (χ3v) is 2.98. The van der Waals surface area contributed by atoms with Gasteiger partial charge in [0.2, 0.25) is 0 Å². The third-order valence-electron chi connectivity index (χ3n) is 2.98. The van der Waals surface area contributed by atoms with Crippen molar-refractivity contribution in [3.63, 3.8) is 0 Å². The van der Waals surface area contributed by atoms with Gasteiger partial charge in [-0.1, -0.05) is 42.0 Å².